The number of benzene rings is 2. The average Bonchev–Trinajstić information content (AvgIpc) is 2.75. The number of hydrogen-bond acceptors (Lipinski definition) is 3. The minimum Gasteiger partial charge on any atom is -0.481 e. The molecule has 0 bridgehead atoms. The molecule has 0 radical (unpaired) electrons. The molecule has 0 fully saturated rings. The number of carbonyl (C=O) groups is 3. The number of hydrogen-bond donors (Lipinski definition) is 3. The molecular formula is C24H26N2O4. The number of rotatable bonds is 6. The van der Waals surface area contributed by atoms with Gasteiger partial charge < -0.3 is 15.7 Å². The summed E-state index contributed by atoms with van der Waals surface area (Å²) < 4.78 is 0. The molecule has 2 amide bonds. The standard InChI is InChI=1S/C24H26N2O4/c1-24(2,23(29)30)19-15-18(25-21(27)16-9-5-3-6-10-16)13-14-20(19)26-22(28)17-11-7-4-8-12-17/h3-12,15,18,20H,13-14H2,1-2H3,(H,25,27)(H,26,28)(H,29,30)/t18-,20+/m1/s1. The summed E-state index contributed by atoms with van der Waals surface area (Å²) in [6.07, 6.45) is 2.91. The smallest absolute Gasteiger partial charge is 0.313 e. The minimum absolute atomic E-state index is 0.212. The van der Waals surface area contributed by atoms with E-state index in [2.05, 4.69) is 10.6 Å². The van der Waals surface area contributed by atoms with Crippen molar-refractivity contribution in [3.8, 4) is 0 Å². The number of carboxylic acids is 1. The fourth-order valence-corrected chi connectivity index (χ4v) is 3.62. The zero-order valence-electron chi connectivity index (χ0n) is 17.1. The van der Waals surface area contributed by atoms with E-state index in [4.69, 9.17) is 0 Å². The third kappa shape index (κ3) is 4.76. The molecule has 1 aliphatic rings. The summed E-state index contributed by atoms with van der Waals surface area (Å²) in [4.78, 5) is 37.1. The minimum atomic E-state index is -1.19. The van der Waals surface area contributed by atoms with Crippen molar-refractivity contribution in [2.45, 2.75) is 38.8 Å². The second-order valence-electron chi connectivity index (χ2n) is 7.97. The maximum absolute atomic E-state index is 12.6. The van der Waals surface area contributed by atoms with Crippen LogP contribution in [0.4, 0.5) is 0 Å². The molecule has 2 aromatic rings. The molecule has 0 spiro atoms. The molecule has 0 saturated heterocycles. The highest BCUT2D eigenvalue weighted by Crippen LogP contribution is 2.35. The van der Waals surface area contributed by atoms with Gasteiger partial charge in [-0.3, -0.25) is 14.4 Å². The highest BCUT2D eigenvalue weighted by Gasteiger charge is 2.39. The van der Waals surface area contributed by atoms with Crippen molar-refractivity contribution in [1.82, 2.24) is 10.6 Å². The number of nitrogens with one attached hydrogen (secondary N) is 2. The van der Waals surface area contributed by atoms with Crippen LogP contribution in [0.25, 0.3) is 0 Å². The Morgan fingerprint density at radius 2 is 1.33 bits per heavy atom. The Morgan fingerprint density at radius 3 is 1.83 bits per heavy atom. The first-order chi connectivity index (χ1) is 14.3. The normalized spacial score (nSPS) is 18.8. The SMILES string of the molecule is CC(C)(C(=O)O)C1=C[C@H](NC(=O)c2ccccc2)CC[C@@H]1NC(=O)c1ccccc1. The lowest BCUT2D eigenvalue weighted by Crippen LogP contribution is -2.47. The summed E-state index contributed by atoms with van der Waals surface area (Å²) in [6.45, 7) is 3.23. The Hall–Kier alpha value is -3.41. The van der Waals surface area contributed by atoms with Gasteiger partial charge in [0.05, 0.1) is 11.5 Å². The van der Waals surface area contributed by atoms with Gasteiger partial charge in [-0.15, -0.1) is 0 Å². The van der Waals surface area contributed by atoms with Gasteiger partial charge in [0.1, 0.15) is 0 Å². The Kier molecular flexibility index (Phi) is 6.35. The van der Waals surface area contributed by atoms with Crippen LogP contribution < -0.4 is 10.6 Å². The first-order valence-corrected chi connectivity index (χ1v) is 9.96. The number of carbonyl (C=O) groups excluding carboxylic acids is 2. The van der Waals surface area contributed by atoms with E-state index in [0.717, 1.165) is 0 Å². The number of aliphatic carboxylic acids is 1. The first-order valence-electron chi connectivity index (χ1n) is 9.96. The summed E-state index contributed by atoms with van der Waals surface area (Å²) in [5.74, 6) is -1.45. The molecule has 3 rings (SSSR count). The van der Waals surface area contributed by atoms with E-state index < -0.39 is 17.4 Å². The Labute approximate surface area is 176 Å². The summed E-state index contributed by atoms with van der Waals surface area (Å²) in [5, 5.41) is 15.7. The topological polar surface area (TPSA) is 95.5 Å². The second kappa shape index (κ2) is 8.95. The van der Waals surface area contributed by atoms with Gasteiger partial charge >= 0.3 is 5.97 Å². The van der Waals surface area contributed by atoms with E-state index in [1.54, 1.807) is 68.5 Å². The van der Waals surface area contributed by atoms with Gasteiger partial charge in [-0.1, -0.05) is 42.5 Å². The fraction of sp³-hybridized carbons (Fsp3) is 0.292. The van der Waals surface area contributed by atoms with Crippen LogP contribution in [0.3, 0.4) is 0 Å². The third-order valence-electron chi connectivity index (χ3n) is 5.47. The Balaban J connectivity index is 1.82. The van der Waals surface area contributed by atoms with Crippen LogP contribution in [-0.4, -0.2) is 35.0 Å². The van der Waals surface area contributed by atoms with E-state index in [9.17, 15) is 19.5 Å². The third-order valence-corrected chi connectivity index (χ3v) is 5.47. The van der Waals surface area contributed by atoms with Crippen LogP contribution in [0.15, 0.2) is 72.3 Å². The fourth-order valence-electron chi connectivity index (χ4n) is 3.62. The molecule has 156 valence electrons. The maximum Gasteiger partial charge on any atom is 0.313 e. The van der Waals surface area contributed by atoms with Gasteiger partial charge in [-0.25, -0.2) is 0 Å². The molecule has 2 atom stereocenters. The van der Waals surface area contributed by atoms with E-state index in [0.29, 0.717) is 29.5 Å². The van der Waals surface area contributed by atoms with Crippen molar-refractivity contribution in [3.05, 3.63) is 83.4 Å². The average molecular weight is 406 g/mol. The second-order valence-corrected chi connectivity index (χ2v) is 7.97. The zero-order valence-corrected chi connectivity index (χ0v) is 17.1. The maximum atomic E-state index is 12.6. The van der Waals surface area contributed by atoms with Gasteiger partial charge in [0, 0.05) is 17.2 Å². The molecule has 2 aromatic carbocycles. The highest BCUT2D eigenvalue weighted by molar-refractivity contribution is 5.95. The van der Waals surface area contributed by atoms with Crippen LogP contribution >= 0.6 is 0 Å². The van der Waals surface area contributed by atoms with Gasteiger partial charge in [0.15, 0.2) is 0 Å². The van der Waals surface area contributed by atoms with Crippen LogP contribution in [0.2, 0.25) is 0 Å². The molecule has 1 aliphatic carbocycles. The Bertz CT molecular complexity index is 952. The molecule has 0 saturated carbocycles. The van der Waals surface area contributed by atoms with E-state index >= 15 is 0 Å². The summed E-state index contributed by atoms with van der Waals surface area (Å²) in [7, 11) is 0. The van der Waals surface area contributed by atoms with E-state index in [1.165, 1.54) is 0 Å². The predicted octanol–water partition coefficient (Wildman–Crippen LogP) is 3.41. The van der Waals surface area contributed by atoms with Gasteiger partial charge in [-0.2, -0.15) is 0 Å². The van der Waals surface area contributed by atoms with Crippen molar-refractivity contribution >= 4 is 17.8 Å². The highest BCUT2D eigenvalue weighted by atomic mass is 16.4. The molecule has 0 aromatic heterocycles. The number of carboxylic acid groups (broad SMARTS) is 1. The van der Waals surface area contributed by atoms with Crippen molar-refractivity contribution < 1.29 is 19.5 Å². The molecule has 0 aliphatic heterocycles. The van der Waals surface area contributed by atoms with Crippen LogP contribution in [0.1, 0.15) is 47.4 Å². The monoisotopic (exact) mass is 406 g/mol. The quantitative estimate of drug-likeness (QED) is 0.641. The Morgan fingerprint density at radius 1 is 0.833 bits per heavy atom. The first kappa shape index (κ1) is 21.3. The molecule has 6 heteroatoms. The lowest BCUT2D eigenvalue weighted by atomic mass is 9.74. The van der Waals surface area contributed by atoms with Crippen molar-refractivity contribution in [1.29, 1.82) is 0 Å². The predicted molar refractivity (Wildman–Crippen MR) is 114 cm³/mol. The van der Waals surface area contributed by atoms with Gasteiger partial charge in [0.2, 0.25) is 0 Å². The number of amides is 2. The summed E-state index contributed by atoms with van der Waals surface area (Å²) in [6, 6.07) is 17.0. The molecule has 6 nitrogen and oxygen atoms in total. The van der Waals surface area contributed by atoms with Gasteiger partial charge in [-0.05, 0) is 56.5 Å². The van der Waals surface area contributed by atoms with Crippen LogP contribution in [0, 0.1) is 5.41 Å². The zero-order chi connectivity index (χ0) is 21.7. The summed E-state index contributed by atoms with van der Waals surface area (Å²) in [5.41, 5.74) is 0.461. The molecule has 0 heterocycles. The van der Waals surface area contributed by atoms with Crippen molar-refractivity contribution in [2.24, 2.45) is 5.41 Å². The lowest BCUT2D eigenvalue weighted by molar-refractivity contribution is -0.145. The lowest BCUT2D eigenvalue weighted by Gasteiger charge is -2.36. The summed E-state index contributed by atoms with van der Waals surface area (Å²) >= 11 is 0. The molecule has 3 N–H and O–H groups in total. The van der Waals surface area contributed by atoms with Crippen molar-refractivity contribution in [2.75, 3.05) is 0 Å². The van der Waals surface area contributed by atoms with Gasteiger partial charge in [0.25, 0.3) is 11.8 Å². The molecule has 30 heavy (non-hydrogen) atoms. The van der Waals surface area contributed by atoms with Crippen LogP contribution in [-0.2, 0) is 4.79 Å². The van der Waals surface area contributed by atoms with Crippen LogP contribution in [0.5, 0.6) is 0 Å². The van der Waals surface area contributed by atoms with E-state index in [-0.39, 0.29) is 17.9 Å². The molecule has 0 unspecified atom stereocenters. The van der Waals surface area contributed by atoms with Crippen molar-refractivity contribution in [3.63, 3.8) is 0 Å². The largest absolute Gasteiger partial charge is 0.481 e. The van der Waals surface area contributed by atoms with E-state index in [1.807, 2.05) is 12.1 Å². The molecular weight excluding hydrogens is 380 g/mol.